The van der Waals surface area contributed by atoms with Gasteiger partial charge in [0.05, 0.1) is 12.8 Å². The van der Waals surface area contributed by atoms with Crippen molar-refractivity contribution in [3.8, 4) is 0 Å². The normalized spacial score (nSPS) is 23.2. The molecule has 3 rings (SSSR count). The quantitative estimate of drug-likeness (QED) is 0.863. The second kappa shape index (κ2) is 5.14. The van der Waals surface area contributed by atoms with E-state index in [0.717, 1.165) is 38.1 Å². The summed E-state index contributed by atoms with van der Waals surface area (Å²) in [6.07, 6.45) is 5.78. The minimum Gasteiger partial charge on any atom is -0.467 e. The van der Waals surface area contributed by atoms with E-state index in [1.54, 1.807) is 6.26 Å². The second-order valence-electron chi connectivity index (χ2n) is 5.40. The highest BCUT2D eigenvalue weighted by molar-refractivity contribution is 5.77. The number of nitrogens with zero attached hydrogens (tertiary/aromatic N) is 1. The van der Waals surface area contributed by atoms with Gasteiger partial charge in [0, 0.05) is 12.5 Å². The summed E-state index contributed by atoms with van der Waals surface area (Å²) in [6.45, 7) is 2.68. The molecule has 1 aromatic rings. The van der Waals surface area contributed by atoms with Crippen LogP contribution >= 0.6 is 0 Å². The Morgan fingerprint density at radius 3 is 2.94 bits per heavy atom. The van der Waals surface area contributed by atoms with Crippen molar-refractivity contribution in [1.82, 2.24) is 10.2 Å². The molecule has 2 heterocycles. The van der Waals surface area contributed by atoms with Gasteiger partial charge < -0.3 is 14.6 Å². The van der Waals surface area contributed by atoms with Crippen LogP contribution in [0, 0.1) is 5.92 Å². The Morgan fingerprint density at radius 2 is 2.33 bits per heavy atom. The second-order valence-corrected chi connectivity index (χ2v) is 5.40. The van der Waals surface area contributed by atoms with E-state index in [9.17, 15) is 4.79 Å². The highest BCUT2D eigenvalue weighted by Crippen LogP contribution is 2.30. The number of carbonyl (C=O) groups excluding carboxylic acids is 1. The predicted molar refractivity (Wildman–Crippen MR) is 67.9 cm³/mol. The summed E-state index contributed by atoms with van der Waals surface area (Å²) in [5, 5.41) is 3.32. The van der Waals surface area contributed by atoms with Gasteiger partial charge in [0.1, 0.15) is 5.76 Å². The van der Waals surface area contributed by atoms with Gasteiger partial charge in [-0.2, -0.15) is 0 Å². The van der Waals surface area contributed by atoms with E-state index in [1.165, 1.54) is 0 Å². The molecule has 1 unspecified atom stereocenters. The SMILES string of the molecule is O=C(CC1CCNC1)N(Cc1ccco1)C1CC1. The fourth-order valence-electron chi connectivity index (χ4n) is 2.63. The van der Waals surface area contributed by atoms with E-state index < -0.39 is 0 Å². The molecule has 1 amide bonds. The summed E-state index contributed by atoms with van der Waals surface area (Å²) in [6, 6.07) is 4.28. The molecule has 18 heavy (non-hydrogen) atoms. The lowest BCUT2D eigenvalue weighted by atomic mass is 10.0. The fraction of sp³-hybridized carbons (Fsp3) is 0.643. The number of hydrogen-bond donors (Lipinski definition) is 1. The van der Waals surface area contributed by atoms with Crippen LogP contribution < -0.4 is 5.32 Å². The lowest BCUT2D eigenvalue weighted by Crippen LogP contribution is -2.34. The van der Waals surface area contributed by atoms with Gasteiger partial charge in [-0.25, -0.2) is 0 Å². The van der Waals surface area contributed by atoms with Crippen LogP contribution in [0.5, 0.6) is 0 Å². The van der Waals surface area contributed by atoms with Gasteiger partial charge in [-0.15, -0.1) is 0 Å². The summed E-state index contributed by atoms with van der Waals surface area (Å²) >= 11 is 0. The molecule has 0 radical (unpaired) electrons. The minimum atomic E-state index is 0.294. The van der Waals surface area contributed by atoms with Gasteiger partial charge in [0.2, 0.25) is 5.91 Å². The monoisotopic (exact) mass is 248 g/mol. The maximum Gasteiger partial charge on any atom is 0.223 e. The van der Waals surface area contributed by atoms with Crippen molar-refractivity contribution in [2.24, 2.45) is 5.92 Å². The Balaban J connectivity index is 1.60. The molecular formula is C14H20N2O2. The molecule has 1 aliphatic heterocycles. The van der Waals surface area contributed by atoms with Gasteiger partial charge in [-0.05, 0) is 50.4 Å². The Hall–Kier alpha value is -1.29. The summed E-state index contributed by atoms with van der Waals surface area (Å²) in [5.74, 6) is 1.71. The molecule has 1 saturated carbocycles. The van der Waals surface area contributed by atoms with Gasteiger partial charge in [0.15, 0.2) is 0 Å². The molecule has 2 fully saturated rings. The number of amides is 1. The van der Waals surface area contributed by atoms with Gasteiger partial charge in [-0.1, -0.05) is 0 Å². The summed E-state index contributed by atoms with van der Waals surface area (Å²) in [5.41, 5.74) is 0. The lowest BCUT2D eigenvalue weighted by molar-refractivity contribution is -0.133. The molecule has 2 aliphatic rings. The van der Waals surface area contributed by atoms with Crippen molar-refractivity contribution in [2.45, 2.75) is 38.3 Å². The molecule has 4 heteroatoms. The zero-order valence-electron chi connectivity index (χ0n) is 10.6. The van der Waals surface area contributed by atoms with Crippen LogP contribution in [0.25, 0.3) is 0 Å². The first-order valence-electron chi connectivity index (χ1n) is 6.85. The molecule has 0 bridgehead atoms. The minimum absolute atomic E-state index is 0.294. The molecule has 4 nitrogen and oxygen atoms in total. The maximum atomic E-state index is 12.4. The largest absolute Gasteiger partial charge is 0.467 e. The van der Waals surface area contributed by atoms with E-state index in [-0.39, 0.29) is 0 Å². The molecule has 1 saturated heterocycles. The molecular weight excluding hydrogens is 228 g/mol. The van der Waals surface area contributed by atoms with Crippen molar-refractivity contribution >= 4 is 5.91 Å². The first kappa shape index (κ1) is 11.8. The number of rotatable bonds is 5. The zero-order valence-corrected chi connectivity index (χ0v) is 10.6. The average molecular weight is 248 g/mol. The first-order chi connectivity index (χ1) is 8.83. The van der Waals surface area contributed by atoms with Gasteiger partial charge in [-0.3, -0.25) is 4.79 Å². The number of nitrogens with one attached hydrogen (secondary N) is 1. The average Bonchev–Trinajstić information content (AvgIpc) is 2.87. The highest BCUT2D eigenvalue weighted by Gasteiger charge is 2.34. The smallest absolute Gasteiger partial charge is 0.223 e. The molecule has 1 aliphatic carbocycles. The molecule has 1 aromatic heterocycles. The third-order valence-corrected chi connectivity index (χ3v) is 3.84. The van der Waals surface area contributed by atoms with Gasteiger partial charge >= 0.3 is 0 Å². The predicted octanol–water partition coefficient (Wildman–Crippen LogP) is 1.77. The molecule has 0 aromatic carbocycles. The Labute approximate surface area is 107 Å². The third-order valence-electron chi connectivity index (χ3n) is 3.84. The summed E-state index contributed by atoms with van der Waals surface area (Å²) in [7, 11) is 0. The van der Waals surface area contributed by atoms with Crippen molar-refractivity contribution < 1.29 is 9.21 Å². The zero-order chi connectivity index (χ0) is 12.4. The molecule has 1 atom stereocenters. The molecule has 0 spiro atoms. The Kier molecular flexibility index (Phi) is 3.37. The maximum absolute atomic E-state index is 12.4. The Bertz CT molecular complexity index is 392. The molecule has 1 N–H and O–H groups in total. The number of carbonyl (C=O) groups is 1. The van der Waals surface area contributed by atoms with Crippen LogP contribution in [-0.2, 0) is 11.3 Å². The third kappa shape index (κ3) is 2.75. The van der Waals surface area contributed by atoms with Crippen molar-refractivity contribution in [3.05, 3.63) is 24.2 Å². The first-order valence-corrected chi connectivity index (χ1v) is 6.85. The van der Waals surface area contributed by atoms with E-state index in [2.05, 4.69) is 5.32 Å². The standard InChI is InChI=1S/C14H20N2O2/c17-14(8-11-5-6-15-9-11)16(12-3-4-12)10-13-2-1-7-18-13/h1-2,7,11-12,15H,3-6,8-10H2. The Morgan fingerprint density at radius 1 is 1.44 bits per heavy atom. The highest BCUT2D eigenvalue weighted by atomic mass is 16.3. The summed E-state index contributed by atoms with van der Waals surface area (Å²) < 4.78 is 5.36. The van der Waals surface area contributed by atoms with Crippen LogP contribution in [0.2, 0.25) is 0 Å². The number of furan rings is 1. The molecule has 98 valence electrons. The van der Waals surface area contributed by atoms with Crippen LogP contribution in [0.1, 0.15) is 31.4 Å². The van der Waals surface area contributed by atoms with Crippen LogP contribution in [0.4, 0.5) is 0 Å². The number of hydrogen-bond acceptors (Lipinski definition) is 3. The van der Waals surface area contributed by atoms with Crippen molar-refractivity contribution in [1.29, 1.82) is 0 Å². The van der Waals surface area contributed by atoms with Crippen LogP contribution in [0.3, 0.4) is 0 Å². The van der Waals surface area contributed by atoms with E-state index in [0.29, 0.717) is 30.8 Å². The summed E-state index contributed by atoms with van der Waals surface area (Å²) in [4.78, 5) is 14.4. The fourth-order valence-corrected chi connectivity index (χ4v) is 2.63. The van der Waals surface area contributed by atoms with E-state index >= 15 is 0 Å². The lowest BCUT2D eigenvalue weighted by Gasteiger charge is -2.22. The van der Waals surface area contributed by atoms with E-state index in [1.807, 2.05) is 17.0 Å². The van der Waals surface area contributed by atoms with Crippen LogP contribution in [-0.4, -0.2) is 29.9 Å². The van der Waals surface area contributed by atoms with Crippen molar-refractivity contribution in [3.63, 3.8) is 0 Å². The van der Waals surface area contributed by atoms with Crippen LogP contribution in [0.15, 0.2) is 22.8 Å². The van der Waals surface area contributed by atoms with Gasteiger partial charge in [0.25, 0.3) is 0 Å². The topological polar surface area (TPSA) is 45.5 Å². The van der Waals surface area contributed by atoms with Crippen molar-refractivity contribution in [2.75, 3.05) is 13.1 Å². The van der Waals surface area contributed by atoms with E-state index in [4.69, 9.17) is 4.42 Å².